The number of carbonyl (C=O) groups is 2. The lowest BCUT2D eigenvalue weighted by Crippen LogP contribution is -2.50. The number of hydrogen-bond acceptors (Lipinski definition) is 4. The van der Waals surface area contributed by atoms with E-state index in [-0.39, 0.29) is 12.5 Å². The zero-order chi connectivity index (χ0) is 11.9. The van der Waals surface area contributed by atoms with Crippen molar-refractivity contribution in [2.45, 2.75) is 38.6 Å². The van der Waals surface area contributed by atoms with Crippen LogP contribution in [0.3, 0.4) is 0 Å². The van der Waals surface area contributed by atoms with Crippen molar-refractivity contribution < 1.29 is 19.4 Å². The summed E-state index contributed by atoms with van der Waals surface area (Å²) < 4.78 is 4.55. The molecule has 1 amide bonds. The average molecular weight is 217 g/mol. The van der Waals surface area contributed by atoms with E-state index in [4.69, 9.17) is 5.11 Å². The number of aliphatic hydroxyl groups excluding tert-OH is 1. The lowest BCUT2D eigenvalue weighted by molar-refractivity contribution is -0.149. The molecule has 0 atom stereocenters. The molecule has 0 radical (unpaired) electrons. The molecule has 0 heterocycles. The molecule has 0 aliphatic heterocycles. The van der Waals surface area contributed by atoms with Crippen molar-refractivity contribution in [3.63, 3.8) is 0 Å². The minimum atomic E-state index is -0.995. The van der Waals surface area contributed by atoms with E-state index in [0.29, 0.717) is 19.3 Å². The number of methoxy groups -OCH3 is 1. The number of nitrogens with one attached hydrogen (secondary N) is 1. The molecule has 0 saturated heterocycles. The Morgan fingerprint density at radius 1 is 1.33 bits per heavy atom. The number of carbonyl (C=O) groups excluding carboxylic acids is 2. The van der Waals surface area contributed by atoms with E-state index in [9.17, 15) is 9.59 Å². The number of aliphatic hydroxyl groups is 1. The summed E-state index contributed by atoms with van der Waals surface area (Å²) in [5.41, 5.74) is -0.995. The molecule has 88 valence electrons. The van der Waals surface area contributed by atoms with Crippen molar-refractivity contribution >= 4 is 11.9 Å². The van der Waals surface area contributed by atoms with Crippen LogP contribution in [0.25, 0.3) is 0 Å². The Labute approximate surface area is 89.8 Å². The fourth-order valence-corrected chi connectivity index (χ4v) is 1.11. The minimum Gasteiger partial charge on any atom is -0.467 e. The molecule has 5 nitrogen and oxygen atoms in total. The maximum Gasteiger partial charge on any atom is 0.330 e. The van der Waals surface area contributed by atoms with Gasteiger partial charge >= 0.3 is 5.97 Å². The van der Waals surface area contributed by atoms with Gasteiger partial charge in [0.1, 0.15) is 5.54 Å². The number of rotatable bonds is 6. The Bertz CT molecular complexity index is 225. The number of amides is 1. The molecule has 0 unspecified atom stereocenters. The quantitative estimate of drug-likeness (QED) is 0.493. The zero-order valence-electron chi connectivity index (χ0n) is 9.50. The average Bonchev–Trinajstić information content (AvgIpc) is 2.16. The summed E-state index contributed by atoms with van der Waals surface area (Å²) in [5.74, 6) is -0.683. The monoisotopic (exact) mass is 217 g/mol. The second-order valence-electron chi connectivity index (χ2n) is 3.85. The van der Waals surface area contributed by atoms with Crippen LogP contribution in [0.2, 0.25) is 0 Å². The molecule has 5 heteroatoms. The summed E-state index contributed by atoms with van der Waals surface area (Å²) in [6, 6.07) is 0. The Morgan fingerprint density at radius 2 is 1.93 bits per heavy atom. The highest BCUT2D eigenvalue weighted by Crippen LogP contribution is 2.05. The summed E-state index contributed by atoms with van der Waals surface area (Å²) in [6.07, 6.45) is 1.51. The van der Waals surface area contributed by atoms with Crippen molar-refractivity contribution in [3.05, 3.63) is 0 Å². The van der Waals surface area contributed by atoms with Gasteiger partial charge in [-0.15, -0.1) is 0 Å². The largest absolute Gasteiger partial charge is 0.467 e. The van der Waals surface area contributed by atoms with Gasteiger partial charge in [-0.25, -0.2) is 4.79 Å². The molecule has 0 bridgehead atoms. The Hall–Kier alpha value is -1.10. The molecular weight excluding hydrogens is 198 g/mol. The van der Waals surface area contributed by atoms with E-state index in [1.54, 1.807) is 13.8 Å². The maximum absolute atomic E-state index is 11.4. The summed E-state index contributed by atoms with van der Waals surface area (Å²) >= 11 is 0. The van der Waals surface area contributed by atoms with Gasteiger partial charge < -0.3 is 15.2 Å². The second kappa shape index (κ2) is 6.40. The minimum absolute atomic E-state index is 0.0771. The fraction of sp³-hybridized carbons (Fsp3) is 0.800. The van der Waals surface area contributed by atoms with Gasteiger partial charge in [0, 0.05) is 13.0 Å². The fourth-order valence-electron chi connectivity index (χ4n) is 1.11. The Morgan fingerprint density at radius 3 is 2.40 bits per heavy atom. The summed E-state index contributed by atoms with van der Waals surface area (Å²) in [7, 11) is 1.28. The first-order chi connectivity index (χ1) is 6.94. The first-order valence-electron chi connectivity index (χ1n) is 4.94. The zero-order valence-corrected chi connectivity index (χ0v) is 9.50. The van der Waals surface area contributed by atoms with Crippen molar-refractivity contribution in [1.82, 2.24) is 5.32 Å². The summed E-state index contributed by atoms with van der Waals surface area (Å²) in [5, 5.41) is 11.1. The van der Waals surface area contributed by atoms with E-state index in [1.807, 2.05) is 0 Å². The van der Waals surface area contributed by atoms with Gasteiger partial charge in [0.2, 0.25) is 5.91 Å². The molecule has 0 aromatic carbocycles. The van der Waals surface area contributed by atoms with Gasteiger partial charge in [0.25, 0.3) is 0 Å². The van der Waals surface area contributed by atoms with Gasteiger partial charge in [-0.1, -0.05) is 0 Å². The highest BCUT2D eigenvalue weighted by molar-refractivity contribution is 5.87. The molecule has 0 fully saturated rings. The van der Waals surface area contributed by atoms with Crippen molar-refractivity contribution in [2.75, 3.05) is 13.7 Å². The molecule has 0 aliphatic rings. The molecule has 15 heavy (non-hydrogen) atoms. The van der Waals surface area contributed by atoms with Crippen LogP contribution in [0, 0.1) is 0 Å². The SMILES string of the molecule is COC(=O)C(C)(C)NC(=O)CCCCO. The van der Waals surface area contributed by atoms with Crippen LogP contribution < -0.4 is 5.32 Å². The molecule has 0 rings (SSSR count). The molecule has 0 spiro atoms. The van der Waals surface area contributed by atoms with Crippen molar-refractivity contribution in [2.24, 2.45) is 0 Å². The first-order valence-corrected chi connectivity index (χ1v) is 4.94. The highest BCUT2D eigenvalue weighted by Gasteiger charge is 2.29. The standard InChI is InChI=1S/C10H19NO4/c1-10(2,9(14)15-3)11-8(13)6-4-5-7-12/h12H,4-7H2,1-3H3,(H,11,13). The molecule has 0 aromatic rings. The smallest absolute Gasteiger partial charge is 0.330 e. The van der Waals surface area contributed by atoms with E-state index in [0.717, 1.165) is 0 Å². The first kappa shape index (κ1) is 13.9. The van der Waals surface area contributed by atoms with E-state index in [2.05, 4.69) is 10.1 Å². The number of ether oxygens (including phenoxy) is 1. The van der Waals surface area contributed by atoms with Crippen LogP contribution >= 0.6 is 0 Å². The van der Waals surface area contributed by atoms with Crippen LogP contribution in [0.1, 0.15) is 33.1 Å². The lowest BCUT2D eigenvalue weighted by atomic mass is 10.1. The van der Waals surface area contributed by atoms with E-state index < -0.39 is 11.5 Å². The Kier molecular flexibility index (Phi) is 5.93. The third kappa shape index (κ3) is 5.37. The molecular formula is C10H19NO4. The topological polar surface area (TPSA) is 75.6 Å². The van der Waals surface area contributed by atoms with Crippen LogP contribution in [-0.4, -0.2) is 36.2 Å². The Balaban J connectivity index is 3.99. The molecule has 2 N–H and O–H groups in total. The van der Waals surface area contributed by atoms with E-state index in [1.165, 1.54) is 7.11 Å². The summed E-state index contributed by atoms with van der Waals surface area (Å²) in [6.45, 7) is 3.25. The highest BCUT2D eigenvalue weighted by atomic mass is 16.5. The molecule has 0 aromatic heterocycles. The third-order valence-electron chi connectivity index (χ3n) is 1.96. The number of unbranched alkanes of at least 4 members (excludes halogenated alkanes) is 1. The summed E-state index contributed by atoms with van der Waals surface area (Å²) in [4.78, 5) is 22.6. The van der Waals surface area contributed by atoms with Crippen molar-refractivity contribution in [3.8, 4) is 0 Å². The number of hydrogen-bond donors (Lipinski definition) is 2. The lowest BCUT2D eigenvalue weighted by Gasteiger charge is -2.22. The van der Waals surface area contributed by atoms with Crippen LogP contribution in [-0.2, 0) is 14.3 Å². The van der Waals surface area contributed by atoms with Gasteiger partial charge in [-0.05, 0) is 26.7 Å². The van der Waals surface area contributed by atoms with Crippen LogP contribution in [0.5, 0.6) is 0 Å². The normalized spacial score (nSPS) is 10.9. The molecule has 0 aliphatic carbocycles. The van der Waals surface area contributed by atoms with Crippen molar-refractivity contribution in [1.29, 1.82) is 0 Å². The molecule has 0 saturated carbocycles. The number of esters is 1. The van der Waals surface area contributed by atoms with Gasteiger partial charge in [-0.3, -0.25) is 4.79 Å². The van der Waals surface area contributed by atoms with Crippen LogP contribution in [0.4, 0.5) is 0 Å². The second-order valence-corrected chi connectivity index (χ2v) is 3.85. The van der Waals surface area contributed by atoms with Gasteiger partial charge in [0.15, 0.2) is 0 Å². The van der Waals surface area contributed by atoms with E-state index >= 15 is 0 Å². The van der Waals surface area contributed by atoms with Gasteiger partial charge in [0.05, 0.1) is 7.11 Å². The van der Waals surface area contributed by atoms with Crippen LogP contribution in [0.15, 0.2) is 0 Å². The predicted molar refractivity (Wildman–Crippen MR) is 55.2 cm³/mol. The maximum atomic E-state index is 11.4. The predicted octanol–water partition coefficient (Wildman–Crippen LogP) is 0.217. The van der Waals surface area contributed by atoms with Gasteiger partial charge in [-0.2, -0.15) is 0 Å². The third-order valence-corrected chi connectivity index (χ3v) is 1.96.